The molecule has 0 saturated heterocycles. The van der Waals surface area contributed by atoms with E-state index in [1.807, 2.05) is 38.1 Å². The van der Waals surface area contributed by atoms with Crippen molar-refractivity contribution in [2.45, 2.75) is 26.6 Å². The highest BCUT2D eigenvalue weighted by Gasteiger charge is 2.32. The Balaban J connectivity index is 0.00000100. The van der Waals surface area contributed by atoms with Crippen LogP contribution in [-0.4, -0.2) is 16.2 Å². The lowest BCUT2D eigenvalue weighted by Crippen LogP contribution is -2.08. The van der Waals surface area contributed by atoms with Gasteiger partial charge in [0.1, 0.15) is 5.82 Å². The van der Waals surface area contributed by atoms with Gasteiger partial charge in [-0.15, -0.1) is 0 Å². The predicted octanol–water partition coefficient (Wildman–Crippen LogP) is 5.23. The maximum atomic E-state index is 12.9. The zero-order valence-corrected chi connectivity index (χ0v) is 13.4. The summed E-state index contributed by atoms with van der Waals surface area (Å²) >= 11 is 0. The third kappa shape index (κ3) is 4.22. The second kappa shape index (κ2) is 7.77. The molecule has 1 N–H and O–H groups in total. The topological polar surface area (TPSA) is 41.0 Å². The van der Waals surface area contributed by atoms with Crippen LogP contribution in [0.4, 0.5) is 13.2 Å². The molecule has 0 aliphatic heterocycles. The van der Waals surface area contributed by atoms with Gasteiger partial charge in [0.25, 0.3) is 0 Å². The first kappa shape index (κ1) is 17.7. The third-order valence-electron chi connectivity index (χ3n) is 3.21. The van der Waals surface area contributed by atoms with E-state index in [0.29, 0.717) is 5.82 Å². The van der Waals surface area contributed by atoms with Gasteiger partial charge in [0, 0.05) is 0 Å². The summed E-state index contributed by atoms with van der Waals surface area (Å²) in [6.45, 7) is 3.95. The third-order valence-corrected chi connectivity index (χ3v) is 3.21. The predicted molar refractivity (Wildman–Crippen MR) is 90.2 cm³/mol. The number of nitrogens with one attached hydrogen (secondary N) is 1. The lowest BCUT2D eigenvalue weighted by molar-refractivity contribution is -0.138. The standard InChI is InChI=1S/C16H12F3N3.C2H6/c17-16(18,19)12-6-2-1-5-11(12)9-20-10-15-21-13-7-3-4-8-14(13)22-15;1-2/h1-8,10H,9H2,(H,21,22);1-2H3. The second-order valence-corrected chi connectivity index (χ2v) is 4.76. The van der Waals surface area contributed by atoms with Crippen LogP contribution in [0.1, 0.15) is 30.8 Å². The van der Waals surface area contributed by atoms with Gasteiger partial charge in [0.15, 0.2) is 0 Å². The Hall–Kier alpha value is -2.63. The number of halogens is 3. The molecule has 6 heteroatoms. The van der Waals surface area contributed by atoms with Gasteiger partial charge >= 0.3 is 6.18 Å². The fourth-order valence-corrected chi connectivity index (χ4v) is 2.20. The molecule has 24 heavy (non-hydrogen) atoms. The van der Waals surface area contributed by atoms with Gasteiger partial charge in [0.2, 0.25) is 0 Å². The zero-order valence-electron chi connectivity index (χ0n) is 13.4. The van der Waals surface area contributed by atoms with Crippen molar-refractivity contribution < 1.29 is 13.2 Å². The quantitative estimate of drug-likeness (QED) is 0.655. The molecule has 2 aromatic carbocycles. The van der Waals surface area contributed by atoms with Crippen LogP contribution in [0.25, 0.3) is 11.0 Å². The van der Waals surface area contributed by atoms with Crippen molar-refractivity contribution in [3.8, 4) is 0 Å². The van der Waals surface area contributed by atoms with Crippen LogP contribution in [0.15, 0.2) is 53.5 Å². The average molecular weight is 333 g/mol. The number of fused-ring (bicyclic) bond motifs is 1. The van der Waals surface area contributed by atoms with Gasteiger partial charge in [-0.3, -0.25) is 4.99 Å². The first-order chi connectivity index (χ1) is 11.5. The van der Waals surface area contributed by atoms with Crippen LogP contribution in [-0.2, 0) is 12.7 Å². The van der Waals surface area contributed by atoms with Gasteiger partial charge in [-0.05, 0) is 23.8 Å². The smallest absolute Gasteiger partial charge is 0.337 e. The maximum absolute atomic E-state index is 12.9. The Labute approximate surface area is 138 Å². The van der Waals surface area contributed by atoms with E-state index in [1.165, 1.54) is 18.3 Å². The number of aromatic nitrogens is 2. The number of hydrogen-bond donors (Lipinski definition) is 1. The molecule has 1 heterocycles. The van der Waals surface area contributed by atoms with E-state index in [2.05, 4.69) is 15.0 Å². The Morgan fingerprint density at radius 3 is 2.42 bits per heavy atom. The summed E-state index contributed by atoms with van der Waals surface area (Å²) in [4.78, 5) is 11.4. The first-order valence-corrected chi connectivity index (χ1v) is 7.64. The molecule has 3 rings (SSSR count). The van der Waals surface area contributed by atoms with Crippen molar-refractivity contribution >= 4 is 17.2 Å². The SMILES string of the molecule is CC.FC(F)(F)c1ccccc1CN=Cc1nc2ccccc2[nH]1. The molecule has 3 nitrogen and oxygen atoms in total. The van der Waals surface area contributed by atoms with E-state index in [9.17, 15) is 13.2 Å². The Kier molecular flexibility index (Phi) is 5.73. The molecular weight excluding hydrogens is 315 g/mol. The number of aromatic amines is 1. The van der Waals surface area contributed by atoms with E-state index in [-0.39, 0.29) is 12.1 Å². The Morgan fingerprint density at radius 1 is 1.04 bits per heavy atom. The minimum atomic E-state index is -4.37. The molecule has 0 spiro atoms. The summed E-state index contributed by atoms with van der Waals surface area (Å²) in [5.41, 5.74) is 1.14. The molecule has 0 atom stereocenters. The number of rotatable bonds is 3. The summed E-state index contributed by atoms with van der Waals surface area (Å²) in [5, 5.41) is 0. The number of H-pyrrole nitrogens is 1. The molecule has 0 amide bonds. The summed E-state index contributed by atoms with van der Waals surface area (Å²) in [6.07, 6.45) is -2.92. The Bertz CT molecular complexity index is 786. The summed E-state index contributed by atoms with van der Waals surface area (Å²) in [7, 11) is 0. The minimum Gasteiger partial charge on any atom is -0.337 e. The van der Waals surface area contributed by atoms with Gasteiger partial charge in [-0.25, -0.2) is 4.98 Å². The van der Waals surface area contributed by atoms with Crippen LogP contribution in [0.2, 0.25) is 0 Å². The number of benzene rings is 2. The van der Waals surface area contributed by atoms with E-state index < -0.39 is 11.7 Å². The lowest BCUT2D eigenvalue weighted by atomic mass is 10.1. The number of imidazole rings is 1. The number of alkyl halides is 3. The van der Waals surface area contributed by atoms with E-state index >= 15 is 0 Å². The molecule has 0 radical (unpaired) electrons. The van der Waals surface area contributed by atoms with Gasteiger partial charge < -0.3 is 4.98 Å². The fraction of sp³-hybridized carbons (Fsp3) is 0.222. The highest BCUT2D eigenvalue weighted by Crippen LogP contribution is 2.32. The number of hydrogen-bond acceptors (Lipinski definition) is 2. The lowest BCUT2D eigenvalue weighted by Gasteiger charge is -2.10. The zero-order chi connectivity index (χ0) is 17.6. The second-order valence-electron chi connectivity index (χ2n) is 4.76. The Morgan fingerprint density at radius 2 is 1.71 bits per heavy atom. The highest BCUT2D eigenvalue weighted by atomic mass is 19.4. The molecule has 126 valence electrons. The molecule has 0 fully saturated rings. The first-order valence-electron chi connectivity index (χ1n) is 7.64. The molecule has 1 aromatic heterocycles. The molecule has 0 bridgehead atoms. The molecule has 0 aliphatic rings. The van der Waals surface area contributed by atoms with Crippen molar-refractivity contribution in [2.75, 3.05) is 0 Å². The van der Waals surface area contributed by atoms with Crippen LogP contribution >= 0.6 is 0 Å². The number of para-hydroxylation sites is 2. The van der Waals surface area contributed by atoms with Crippen molar-refractivity contribution in [1.29, 1.82) is 0 Å². The summed E-state index contributed by atoms with van der Waals surface area (Å²) in [6, 6.07) is 12.9. The van der Waals surface area contributed by atoms with Crippen LogP contribution in [0.3, 0.4) is 0 Å². The van der Waals surface area contributed by atoms with E-state index in [1.54, 1.807) is 6.07 Å². The van der Waals surface area contributed by atoms with Crippen molar-refractivity contribution in [3.63, 3.8) is 0 Å². The van der Waals surface area contributed by atoms with Crippen LogP contribution < -0.4 is 0 Å². The van der Waals surface area contributed by atoms with Crippen LogP contribution in [0.5, 0.6) is 0 Å². The van der Waals surface area contributed by atoms with Crippen molar-refractivity contribution in [1.82, 2.24) is 9.97 Å². The molecule has 0 aliphatic carbocycles. The van der Waals surface area contributed by atoms with E-state index in [0.717, 1.165) is 17.1 Å². The van der Waals surface area contributed by atoms with E-state index in [4.69, 9.17) is 0 Å². The highest BCUT2D eigenvalue weighted by molar-refractivity contribution is 5.83. The molecule has 0 unspecified atom stereocenters. The van der Waals surface area contributed by atoms with Gasteiger partial charge in [-0.1, -0.05) is 44.2 Å². The van der Waals surface area contributed by atoms with Crippen molar-refractivity contribution in [3.05, 3.63) is 65.5 Å². The van der Waals surface area contributed by atoms with Crippen LogP contribution in [0, 0.1) is 0 Å². The normalized spacial score (nSPS) is 11.5. The number of nitrogens with zero attached hydrogens (tertiary/aromatic N) is 2. The summed E-state index contributed by atoms with van der Waals surface area (Å²) in [5.74, 6) is 0.519. The summed E-state index contributed by atoms with van der Waals surface area (Å²) < 4.78 is 38.6. The molecule has 0 saturated carbocycles. The monoisotopic (exact) mass is 333 g/mol. The minimum absolute atomic E-state index is 0.0489. The largest absolute Gasteiger partial charge is 0.416 e. The van der Waals surface area contributed by atoms with Gasteiger partial charge in [0.05, 0.1) is 29.4 Å². The average Bonchev–Trinajstić information content (AvgIpc) is 2.99. The van der Waals surface area contributed by atoms with Crippen molar-refractivity contribution in [2.24, 2.45) is 4.99 Å². The number of aliphatic imine (C=N–C) groups is 1. The maximum Gasteiger partial charge on any atom is 0.416 e. The molecular formula is C18H18F3N3. The molecule has 3 aromatic rings. The van der Waals surface area contributed by atoms with Gasteiger partial charge in [-0.2, -0.15) is 13.2 Å². The fourth-order valence-electron chi connectivity index (χ4n) is 2.20.